The molecule has 0 saturated carbocycles. The Hall–Kier alpha value is -3.01. The summed E-state index contributed by atoms with van der Waals surface area (Å²) in [6.45, 7) is 0.562. The Balaban J connectivity index is 1.72. The molecule has 2 aromatic heterocycles. The molecule has 0 aliphatic carbocycles. The monoisotopic (exact) mass is 317 g/mol. The molecule has 1 atom stereocenters. The highest BCUT2D eigenvalue weighted by Crippen LogP contribution is 2.20. The van der Waals surface area contributed by atoms with Crippen LogP contribution in [0, 0.1) is 0 Å². The molecule has 0 fully saturated rings. The third-order valence-electron chi connectivity index (χ3n) is 3.91. The molecule has 0 bridgehead atoms. The van der Waals surface area contributed by atoms with Gasteiger partial charge in [-0.3, -0.25) is 14.8 Å². The Morgan fingerprint density at radius 3 is 2.33 bits per heavy atom. The first-order valence-corrected chi connectivity index (χ1v) is 7.95. The predicted molar refractivity (Wildman–Crippen MR) is 93.7 cm³/mol. The van der Waals surface area contributed by atoms with Crippen LogP contribution in [0.5, 0.6) is 0 Å². The van der Waals surface area contributed by atoms with E-state index >= 15 is 0 Å². The molecule has 0 radical (unpaired) electrons. The lowest BCUT2D eigenvalue weighted by atomic mass is 9.92. The molecule has 1 amide bonds. The predicted octanol–water partition coefficient (Wildman–Crippen LogP) is 3.23. The van der Waals surface area contributed by atoms with E-state index in [4.69, 9.17) is 0 Å². The lowest BCUT2D eigenvalue weighted by molar-refractivity contribution is 0.0950. The number of nitrogens with zero attached hydrogens (tertiary/aromatic N) is 2. The normalized spacial score (nSPS) is 11.7. The Morgan fingerprint density at radius 2 is 1.67 bits per heavy atom. The van der Waals surface area contributed by atoms with Crippen LogP contribution in [0.2, 0.25) is 0 Å². The molecule has 0 spiro atoms. The fourth-order valence-corrected chi connectivity index (χ4v) is 2.65. The number of pyridine rings is 2. The van der Waals surface area contributed by atoms with Gasteiger partial charge in [-0.15, -0.1) is 0 Å². The van der Waals surface area contributed by atoms with Crippen LogP contribution < -0.4 is 5.32 Å². The second-order valence-corrected chi connectivity index (χ2v) is 5.62. The smallest absolute Gasteiger partial charge is 0.252 e. The van der Waals surface area contributed by atoms with E-state index in [1.165, 1.54) is 5.56 Å². The van der Waals surface area contributed by atoms with Crippen molar-refractivity contribution in [3.8, 4) is 0 Å². The van der Waals surface area contributed by atoms with Gasteiger partial charge in [0.05, 0.1) is 5.56 Å². The van der Waals surface area contributed by atoms with Crippen LogP contribution in [-0.2, 0) is 6.42 Å². The molecule has 1 aromatic carbocycles. The molecule has 2 heterocycles. The van der Waals surface area contributed by atoms with Crippen molar-refractivity contribution in [3.05, 3.63) is 96.1 Å². The van der Waals surface area contributed by atoms with E-state index in [2.05, 4.69) is 33.5 Å². The minimum absolute atomic E-state index is 0.102. The number of benzene rings is 1. The summed E-state index contributed by atoms with van der Waals surface area (Å²) in [6.07, 6.45) is 7.70. The Kier molecular flexibility index (Phi) is 5.30. The van der Waals surface area contributed by atoms with Gasteiger partial charge in [0, 0.05) is 37.3 Å². The highest BCUT2D eigenvalue weighted by atomic mass is 16.1. The first-order chi connectivity index (χ1) is 11.8. The molecule has 3 aromatic rings. The van der Waals surface area contributed by atoms with Gasteiger partial charge in [0.1, 0.15) is 0 Å². The molecule has 4 nitrogen and oxygen atoms in total. The van der Waals surface area contributed by atoms with Crippen molar-refractivity contribution in [3.63, 3.8) is 0 Å². The zero-order valence-electron chi connectivity index (χ0n) is 13.3. The molecule has 24 heavy (non-hydrogen) atoms. The van der Waals surface area contributed by atoms with E-state index in [1.54, 1.807) is 30.7 Å². The van der Waals surface area contributed by atoms with Gasteiger partial charge in [0.25, 0.3) is 5.91 Å². The van der Waals surface area contributed by atoms with E-state index in [-0.39, 0.29) is 11.8 Å². The van der Waals surface area contributed by atoms with Gasteiger partial charge in [-0.2, -0.15) is 0 Å². The number of hydrogen-bond donors (Lipinski definition) is 1. The van der Waals surface area contributed by atoms with Crippen LogP contribution in [0.4, 0.5) is 0 Å². The van der Waals surface area contributed by atoms with Gasteiger partial charge in [0.2, 0.25) is 0 Å². The van der Waals surface area contributed by atoms with Crippen molar-refractivity contribution in [2.45, 2.75) is 12.3 Å². The molecule has 3 rings (SSSR count). The summed E-state index contributed by atoms with van der Waals surface area (Å²) < 4.78 is 0. The summed E-state index contributed by atoms with van der Waals surface area (Å²) in [4.78, 5) is 20.4. The maximum Gasteiger partial charge on any atom is 0.252 e. The zero-order chi connectivity index (χ0) is 16.6. The summed E-state index contributed by atoms with van der Waals surface area (Å²) in [5.74, 6) is 0.0891. The quantitative estimate of drug-likeness (QED) is 0.759. The minimum Gasteiger partial charge on any atom is -0.351 e. The first kappa shape index (κ1) is 15.9. The molecule has 0 aliphatic rings. The van der Waals surface area contributed by atoms with Crippen molar-refractivity contribution >= 4 is 5.91 Å². The highest BCUT2D eigenvalue weighted by molar-refractivity contribution is 5.93. The van der Waals surface area contributed by atoms with Crippen LogP contribution >= 0.6 is 0 Å². The molecular weight excluding hydrogens is 298 g/mol. The van der Waals surface area contributed by atoms with Gasteiger partial charge in [-0.25, -0.2) is 0 Å². The van der Waals surface area contributed by atoms with E-state index in [0.29, 0.717) is 12.1 Å². The van der Waals surface area contributed by atoms with E-state index in [0.717, 1.165) is 12.0 Å². The number of hydrogen-bond acceptors (Lipinski definition) is 3. The summed E-state index contributed by atoms with van der Waals surface area (Å²) in [7, 11) is 0. The standard InChI is InChI=1S/C20H19N3O/c24-20(18-9-5-11-22-14-18)23-15-19(17-7-2-1-3-8-17)12-16-6-4-10-21-13-16/h1-11,13-14,19H,12,15H2,(H,23,24). The molecule has 4 heteroatoms. The number of carbonyl (C=O) groups excluding carboxylic acids is 1. The van der Waals surface area contributed by atoms with E-state index in [1.807, 2.05) is 30.5 Å². The molecule has 1 unspecified atom stereocenters. The van der Waals surface area contributed by atoms with E-state index in [9.17, 15) is 4.79 Å². The average Bonchev–Trinajstić information content (AvgIpc) is 2.67. The SMILES string of the molecule is O=C(NCC(Cc1cccnc1)c1ccccc1)c1cccnc1. The van der Waals surface area contributed by atoms with Gasteiger partial charge in [0.15, 0.2) is 0 Å². The van der Waals surface area contributed by atoms with Gasteiger partial charge < -0.3 is 5.32 Å². The first-order valence-electron chi connectivity index (χ1n) is 7.95. The Bertz CT molecular complexity index is 761. The minimum atomic E-state index is -0.102. The Labute approximate surface area is 141 Å². The maximum absolute atomic E-state index is 12.3. The molecule has 0 saturated heterocycles. The summed E-state index contributed by atoms with van der Waals surface area (Å²) in [5.41, 5.74) is 2.93. The van der Waals surface area contributed by atoms with Gasteiger partial charge >= 0.3 is 0 Å². The van der Waals surface area contributed by atoms with Gasteiger partial charge in [-0.1, -0.05) is 36.4 Å². The van der Waals surface area contributed by atoms with Crippen LogP contribution in [0.3, 0.4) is 0 Å². The largest absolute Gasteiger partial charge is 0.351 e. The summed E-state index contributed by atoms with van der Waals surface area (Å²) >= 11 is 0. The average molecular weight is 317 g/mol. The maximum atomic E-state index is 12.3. The summed E-state index contributed by atoms with van der Waals surface area (Å²) in [6, 6.07) is 17.8. The Morgan fingerprint density at radius 1 is 0.917 bits per heavy atom. The lowest BCUT2D eigenvalue weighted by Crippen LogP contribution is -2.29. The highest BCUT2D eigenvalue weighted by Gasteiger charge is 2.14. The fraction of sp³-hybridized carbons (Fsp3) is 0.150. The second kappa shape index (κ2) is 8.02. The topological polar surface area (TPSA) is 54.9 Å². The number of amides is 1. The molecular formula is C20H19N3O. The number of carbonyl (C=O) groups is 1. The molecule has 1 N–H and O–H groups in total. The van der Waals surface area contributed by atoms with Crippen molar-refractivity contribution in [1.29, 1.82) is 0 Å². The lowest BCUT2D eigenvalue weighted by Gasteiger charge is -2.18. The molecule has 120 valence electrons. The third-order valence-corrected chi connectivity index (χ3v) is 3.91. The van der Waals surface area contributed by atoms with Crippen LogP contribution in [-0.4, -0.2) is 22.4 Å². The van der Waals surface area contributed by atoms with Crippen LogP contribution in [0.15, 0.2) is 79.4 Å². The van der Waals surface area contributed by atoms with Crippen molar-refractivity contribution in [1.82, 2.24) is 15.3 Å². The third kappa shape index (κ3) is 4.26. The zero-order valence-corrected chi connectivity index (χ0v) is 13.3. The number of nitrogens with one attached hydrogen (secondary N) is 1. The number of aromatic nitrogens is 2. The number of rotatable bonds is 6. The second-order valence-electron chi connectivity index (χ2n) is 5.62. The van der Waals surface area contributed by atoms with Crippen molar-refractivity contribution in [2.24, 2.45) is 0 Å². The van der Waals surface area contributed by atoms with Crippen LogP contribution in [0.25, 0.3) is 0 Å². The molecule has 0 aliphatic heterocycles. The van der Waals surface area contributed by atoms with Crippen LogP contribution in [0.1, 0.15) is 27.4 Å². The van der Waals surface area contributed by atoms with Gasteiger partial charge in [-0.05, 0) is 35.7 Å². The van der Waals surface area contributed by atoms with Crippen molar-refractivity contribution < 1.29 is 4.79 Å². The fourth-order valence-electron chi connectivity index (χ4n) is 2.65. The van der Waals surface area contributed by atoms with E-state index < -0.39 is 0 Å². The van der Waals surface area contributed by atoms with Crippen molar-refractivity contribution in [2.75, 3.05) is 6.54 Å². The summed E-state index contributed by atoms with van der Waals surface area (Å²) in [5, 5.41) is 3.02.